The molecule has 1 aliphatic rings. The van der Waals surface area contributed by atoms with Gasteiger partial charge in [-0.1, -0.05) is 18.2 Å². The van der Waals surface area contributed by atoms with Crippen molar-refractivity contribution in [2.24, 2.45) is 0 Å². The standard InChI is InChI=1S/C12H13NO5/c14-5-9(12(16)17)13-11(15)8-6-18-10-4-2-1-3-7(8)10/h1-4,8-9,14H,5-6H2,(H,13,15)(H,16,17)/t8?,9-/m1/s1. The molecule has 0 radical (unpaired) electrons. The number of hydrogen-bond donors (Lipinski definition) is 3. The van der Waals surface area contributed by atoms with Crippen LogP contribution in [-0.2, 0) is 9.59 Å². The van der Waals surface area contributed by atoms with Crippen LogP contribution in [0.2, 0.25) is 0 Å². The Labute approximate surface area is 103 Å². The largest absolute Gasteiger partial charge is 0.492 e. The zero-order valence-corrected chi connectivity index (χ0v) is 9.50. The number of aliphatic hydroxyl groups excluding tert-OH is 1. The van der Waals surface area contributed by atoms with Gasteiger partial charge in [-0.25, -0.2) is 4.79 Å². The van der Waals surface area contributed by atoms with Crippen molar-refractivity contribution in [2.75, 3.05) is 13.2 Å². The predicted molar refractivity (Wildman–Crippen MR) is 61.3 cm³/mol. The Morgan fingerprint density at radius 2 is 2.17 bits per heavy atom. The first-order chi connectivity index (χ1) is 8.63. The molecule has 0 fully saturated rings. The van der Waals surface area contributed by atoms with E-state index in [9.17, 15) is 9.59 Å². The predicted octanol–water partition coefficient (Wildman–Crippen LogP) is -0.276. The zero-order chi connectivity index (χ0) is 13.1. The number of aliphatic carboxylic acids is 1. The summed E-state index contributed by atoms with van der Waals surface area (Å²) in [5, 5.41) is 19.9. The molecule has 2 atom stereocenters. The summed E-state index contributed by atoms with van der Waals surface area (Å²) in [6, 6.07) is 5.82. The lowest BCUT2D eigenvalue weighted by Gasteiger charge is -2.14. The van der Waals surface area contributed by atoms with Crippen LogP contribution >= 0.6 is 0 Å². The van der Waals surface area contributed by atoms with Gasteiger partial charge in [0.05, 0.1) is 6.61 Å². The summed E-state index contributed by atoms with van der Waals surface area (Å²) in [6.07, 6.45) is 0. The molecule has 0 saturated carbocycles. The monoisotopic (exact) mass is 251 g/mol. The van der Waals surface area contributed by atoms with Crippen molar-refractivity contribution in [1.29, 1.82) is 0 Å². The maximum Gasteiger partial charge on any atom is 0.328 e. The molecule has 0 bridgehead atoms. The number of carbonyl (C=O) groups excluding carboxylic acids is 1. The van der Waals surface area contributed by atoms with Crippen LogP contribution in [0.5, 0.6) is 5.75 Å². The van der Waals surface area contributed by atoms with Crippen LogP contribution in [-0.4, -0.2) is 41.3 Å². The van der Waals surface area contributed by atoms with Gasteiger partial charge >= 0.3 is 5.97 Å². The van der Waals surface area contributed by atoms with Gasteiger partial charge < -0.3 is 20.3 Å². The molecular weight excluding hydrogens is 238 g/mol. The average Bonchev–Trinajstić information content (AvgIpc) is 2.79. The fourth-order valence-electron chi connectivity index (χ4n) is 1.84. The molecule has 1 aliphatic heterocycles. The number of amides is 1. The zero-order valence-electron chi connectivity index (χ0n) is 9.50. The molecule has 1 aromatic carbocycles. The number of fused-ring (bicyclic) bond motifs is 1. The molecule has 3 N–H and O–H groups in total. The Morgan fingerprint density at radius 3 is 2.83 bits per heavy atom. The molecule has 0 saturated heterocycles. The number of nitrogens with one attached hydrogen (secondary N) is 1. The lowest BCUT2D eigenvalue weighted by Crippen LogP contribution is -2.45. The van der Waals surface area contributed by atoms with Crippen LogP contribution in [0.25, 0.3) is 0 Å². The van der Waals surface area contributed by atoms with E-state index in [2.05, 4.69) is 5.32 Å². The Hall–Kier alpha value is -2.08. The molecule has 0 aliphatic carbocycles. The third kappa shape index (κ3) is 2.28. The van der Waals surface area contributed by atoms with E-state index < -0.39 is 30.4 Å². The summed E-state index contributed by atoms with van der Waals surface area (Å²) in [5.74, 6) is -1.62. The van der Waals surface area contributed by atoms with Gasteiger partial charge in [-0.05, 0) is 6.07 Å². The second-order valence-electron chi connectivity index (χ2n) is 3.98. The van der Waals surface area contributed by atoms with Crippen LogP contribution in [0.15, 0.2) is 24.3 Å². The van der Waals surface area contributed by atoms with E-state index in [4.69, 9.17) is 14.9 Å². The summed E-state index contributed by atoms with van der Waals surface area (Å²) in [4.78, 5) is 22.6. The maximum absolute atomic E-state index is 11.9. The fourth-order valence-corrected chi connectivity index (χ4v) is 1.84. The highest BCUT2D eigenvalue weighted by atomic mass is 16.5. The van der Waals surface area contributed by atoms with Crippen LogP contribution < -0.4 is 10.1 Å². The van der Waals surface area contributed by atoms with Gasteiger partial charge in [0.15, 0.2) is 0 Å². The van der Waals surface area contributed by atoms with Crippen molar-refractivity contribution in [3.8, 4) is 5.75 Å². The Morgan fingerprint density at radius 1 is 1.44 bits per heavy atom. The number of carboxylic acids is 1. The fraction of sp³-hybridized carbons (Fsp3) is 0.333. The minimum Gasteiger partial charge on any atom is -0.492 e. The minimum absolute atomic E-state index is 0.183. The first kappa shape index (κ1) is 12.4. The first-order valence-corrected chi connectivity index (χ1v) is 5.49. The van der Waals surface area contributed by atoms with Crippen molar-refractivity contribution in [1.82, 2.24) is 5.32 Å². The minimum atomic E-state index is -1.29. The molecular formula is C12H13NO5. The Balaban J connectivity index is 2.10. The van der Waals surface area contributed by atoms with Gasteiger partial charge in [0.2, 0.25) is 5.91 Å². The number of benzene rings is 1. The molecule has 18 heavy (non-hydrogen) atoms. The highest BCUT2D eigenvalue weighted by Gasteiger charge is 2.32. The molecule has 1 unspecified atom stereocenters. The number of carboxylic acid groups (broad SMARTS) is 1. The number of hydrogen-bond acceptors (Lipinski definition) is 4. The number of ether oxygens (including phenoxy) is 1. The van der Waals surface area contributed by atoms with Crippen molar-refractivity contribution in [2.45, 2.75) is 12.0 Å². The number of carbonyl (C=O) groups is 2. The molecule has 1 heterocycles. The van der Waals surface area contributed by atoms with Crippen molar-refractivity contribution in [3.05, 3.63) is 29.8 Å². The van der Waals surface area contributed by atoms with E-state index in [1.165, 1.54) is 0 Å². The van der Waals surface area contributed by atoms with E-state index >= 15 is 0 Å². The molecule has 6 heteroatoms. The van der Waals surface area contributed by atoms with Gasteiger partial charge in [0.1, 0.15) is 24.3 Å². The van der Waals surface area contributed by atoms with Crippen LogP contribution in [0.3, 0.4) is 0 Å². The third-order valence-corrected chi connectivity index (χ3v) is 2.81. The van der Waals surface area contributed by atoms with E-state index in [0.29, 0.717) is 5.75 Å². The highest BCUT2D eigenvalue weighted by molar-refractivity contribution is 5.89. The van der Waals surface area contributed by atoms with Crippen LogP contribution in [0, 0.1) is 0 Å². The van der Waals surface area contributed by atoms with Crippen LogP contribution in [0.4, 0.5) is 0 Å². The van der Waals surface area contributed by atoms with Crippen molar-refractivity contribution in [3.63, 3.8) is 0 Å². The number of rotatable bonds is 4. The van der Waals surface area contributed by atoms with Gasteiger partial charge in [0, 0.05) is 5.56 Å². The van der Waals surface area contributed by atoms with Gasteiger partial charge in [-0.2, -0.15) is 0 Å². The quantitative estimate of drug-likeness (QED) is 0.684. The summed E-state index contributed by atoms with van der Waals surface area (Å²) in [6.45, 7) is -0.459. The molecule has 0 spiro atoms. The SMILES string of the molecule is O=C(N[C@H](CO)C(=O)O)C1COc2ccccc21. The third-order valence-electron chi connectivity index (χ3n) is 2.81. The van der Waals surface area contributed by atoms with Gasteiger partial charge in [-0.15, -0.1) is 0 Å². The van der Waals surface area contributed by atoms with Gasteiger partial charge in [-0.3, -0.25) is 4.79 Å². The number of para-hydroxylation sites is 1. The molecule has 96 valence electrons. The normalized spacial score (nSPS) is 18.6. The van der Waals surface area contributed by atoms with Gasteiger partial charge in [0.25, 0.3) is 0 Å². The summed E-state index contributed by atoms with van der Waals surface area (Å²) < 4.78 is 5.34. The maximum atomic E-state index is 11.9. The smallest absolute Gasteiger partial charge is 0.328 e. The second kappa shape index (κ2) is 5.05. The van der Waals surface area contributed by atoms with E-state index in [-0.39, 0.29) is 6.61 Å². The average molecular weight is 251 g/mol. The first-order valence-electron chi connectivity index (χ1n) is 5.49. The van der Waals surface area contributed by atoms with E-state index in [1.54, 1.807) is 24.3 Å². The summed E-state index contributed by atoms with van der Waals surface area (Å²) >= 11 is 0. The lowest BCUT2D eigenvalue weighted by molar-refractivity contribution is -0.143. The van der Waals surface area contributed by atoms with Crippen molar-refractivity contribution < 1.29 is 24.5 Å². The topological polar surface area (TPSA) is 95.9 Å². The Kier molecular flexibility index (Phi) is 3.47. The highest BCUT2D eigenvalue weighted by Crippen LogP contribution is 2.33. The lowest BCUT2D eigenvalue weighted by atomic mass is 10.0. The second-order valence-corrected chi connectivity index (χ2v) is 3.98. The molecule has 6 nitrogen and oxygen atoms in total. The summed E-state index contributed by atoms with van der Waals surface area (Å²) in [7, 11) is 0. The van der Waals surface area contributed by atoms with E-state index in [1.807, 2.05) is 0 Å². The molecule has 2 rings (SSSR count). The molecule has 1 amide bonds. The Bertz CT molecular complexity index is 473. The molecule has 1 aromatic rings. The van der Waals surface area contributed by atoms with Crippen molar-refractivity contribution >= 4 is 11.9 Å². The van der Waals surface area contributed by atoms with E-state index in [0.717, 1.165) is 5.56 Å². The van der Waals surface area contributed by atoms with Crippen LogP contribution in [0.1, 0.15) is 11.5 Å². The molecule has 0 aromatic heterocycles. The number of aliphatic hydroxyl groups is 1. The summed E-state index contributed by atoms with van der Waals surface area (Å²) in [5.41, 5.74) is 0.733.